The third-order valence-electron chi connectivity index (χ3n) is 11.5. The molecule has 77 heavy (non-hydrogen) atoms. The van der Waals surface area contributed by atoms with Gasteiger partial charge in [-0.2, -0.15) is 27.2 Å². The molecule has 20 heteroatoms. The van der Waals surface area contributed by atoms with Crippen molar-refractivity contribution in [3.8, 4) is 39.4 Å². The summed E-state index contributed by atoms with van der Waals surface area (Å²) in [6.07, 6.45) is -15.4. The maximum absolute atomic E-state index is 14.4. The van der Waals surface area contributed by atoms with E-state index in [1.165, 1.54) is 92.6 Å². The van der Waals surface area contributed by atoms with Crippen LogP contribution < -0.4 is 5.32 Å². The normalized spacial score (nSPS) is 13.8. The topological polar surface area (TPSA) is 116 Å². The molecule has 1 aliphatic rings. The lowest BCUT2D eigenvalue weighted by atomic mass is 9.90. The Morgan fingerprint density at radius 3 is 1.27 bits per heavy atom. The molecule has 0 aromatic heterocycles. The smallest absolute Gasteiger partial charge is 0.407 e. The molecule has 1 aliphatic carbocycles. The van der Waals surface area contributed by atoms with Gasteiger partial charge in [-0.15, -0.1) is 0 Å². The number of alkyl halides is 10. The van der Waals surface area contributed by atoms with E-state index in [9.17, 15) is 68.7 Å². The Labute approximate surface area is 464 Å². The van der Waals surface area contributed by atoms with Gasteiger partial charge in [0.15, 0.2) is 5.78 Å². The summed E-state index contributed by atoms with van der Waals surface area (Å²) < 4.78 is 136. The predicted molar refractivity (Wildman–Crippen MR) is 285 cm³/mol. The number of halogens is 13. The summed E-state index contributed by atoms with van der Waals surface area (Å²) in [6.45, 7) is 3.83. The molecule has 6 aromatic rings. The van der Waals surface area contributed by atoms with Crippen molar-refractivity contribution >= 4 is 65.3 Å². The number of nitrogens with one attached hydrogen (secondary N) is 1. The molecule has 3 unspecified atom stereocenters. The summed E-state index contributed by atoms with van der Waals surface area (Å²) in [5.74, 6) is -3.23. The lowest BCUT2D eigenvalue weighted by Crippen LogP contribution is -2.47. The lowest BCUT2D eigenvalue weighted by Gasteiger charge is -2.30. The summed E-state index contributed by atoms with van der Waals surface area (Å²) in [7, 11) is 0. The highest BCUT2D eigenvalue weighted by atomic mass is 79.9. The summed E-state index contributed by atoms with van der Waals surface area (Å²) in [4.78, 5) is 33.7. The second-order valence-corrected chi connectivity index (χ2v) is 20.7. The SMILES string of the molecule is Brc1ccc(-c2ccc(Br)cc2)cc1.CC(C)(F)CC(NC(c1ccc(-c2ccc(C(O)C(F)F)cc2)cc1)C(F)(F)F)C(=O)CC1(C#N)CC1.CCOC(=O)C(F)F.O=C(c1ccc(-c2ccc(Br)cc2)cc1)C(F)F. The molecule has 7 rings (SSSR count). The number of nitriles is 1. The van der Waals surface area contributed by atoms with Crippen LogP contribution in [-0.2, 0) is 14.3 Å². The Hall–Kier alpha value is -5.72. The number of carbonyl (C=O) groups is 3. The fraction of sp³-hybridized carbons (Fsp3) is 0.298. The van der Waals surface area contributed by atoms with Crippen LogP contribution in [0.5, 0.6) is 0 Å². The van der Waals surface area contributed by atoms with Gasteiger partial charge in [-0.3, -0.25) is 14.9 Å². The summed E-state index contributed by atoms with van der Waals surface area (Å²) >= 11 is 10.2. The van der Waals surface area contributed by atoms with Crippen molar-refractivity contribution in [3.05, 3.63) is 176 Å². The molecule has 7 nitrogen and oxygen atoms in total. The van der Waals surface area contributed by atoms with Crippen LogP contribution in [-0.4, -0.2) is 66.4 Å². The van der Waals surface area contributed by atoms with Gasteiger partial charge in [-0.1, -0.05) is 157 Å². The van der Waals surface area contributed by atoms with Crippen molar-refractivity contribution in [2.24, 2.45) is 5.41 Å². The van der Waals surface area contributed by atoms with Crippen LogP contribution in [0.1, 0.15) is 80.1 Å². The molecular weight excluding hydrogens is 1220 g/mol. The number of Topliss-reactive ketones (excluding diaryl/α,β-unsaturated/α-hetero) is 2. The number of aliphatic hydroxyl groups is 1. The number of ketones is 2. The van der Waals surface area contributed by atoms with Gasteiger partial charge in [0.05, 0.1) is 24.1 Å². The first kappa shape index (κ1) is 63.8. The number of carbonyl (C=O) groups excluding carboxylic acids is 3. The Kier molecular flexibility index (Phi) is 24.3. The summed E-state index contributed by atoms with van der Waals surface area (Å²) in [6, 6.07) is 39.6. The van der Waals surface area contributed by atoms with E-state index >= 15 is 0 Å². The van der Waals surface area contributed by atoms with Crippen LogP contribution in [0.15, 0.2) is 159 Å². The van der Waals surface area contributed by atoms with Crippen molar-refractivity contribution < 1.29 is 68.1 Å². The number of aliphatic hydroxyl groups excluding tert-OH is 1. The molecule has 0 heterocycles. The number of ether oxygens (including phenoxy) is 1. The van der Waals surface area contributed by atoms with Crippen molar-refractivity contribution in [2.75, 3.05) is 6.61 Å². The fourth-order valence-electron chi connectivity index (χ4n) is 7.24. The van der Waals surface area contributed by atoms with E-state index in [1.807, 2.05) is 30.3 Å². The van der Waals surface area contributed by atoms with Crippen LogP contribution in [0.3, 0.4) is 0 Å². The van der Waals surface area contributed by atoms with Gasteiger partial charge in [-0.05, 0) is 115 Å². The molecule has 0 amide bonds. The molecule has 0 aliphatic heterocycles. The van der Waals surface area contributed by atoms with E-state index in [-0.39, 0.29) is 29.7 Å². The number of hydrogen-bond acceptors (Lipinski definition) is 7. The van der Waals surface area contributed by atoms with Crippen LogP contribution in [0.2, 0.25) is 0 Å². The van der Waals surface area contributed by atoms with E-state index in [2.05, 4.69) is 106 Å². The van der Waals surface area contributed by atoms with E-state index in [4.69, 9.17) is 0 Å². The van der Waals surface area contributed by atoms with Crippen molar-refractivity contribution in [2.45, 2.75) is 95.8 Å². The minimum Gasteiger partial charge on any atom is -0.462 e. The highest BCUT2D eigenvalue weighted by Gasteiger charge is 2.48. The van der Waals surface area contributed by atoms with Crippen LogP contribution in [0, 0.1) is 16.7 Å². The zero-order valence-electron chi connectivity index (χ0n) is 41.3. The van der Waals surface area contributed by atoms with Crippen molar-refractivity contribution in [3.63, 3.8) is 0 Å². The minimum absolute atomic E-state index is 0.00315. The molecular formula is C57H51Br3F10N2O5. The number of hydrogen-bond donors (Lipinski definition) is 2. The molecule has 0 spiro atoms. The average molecular weight is 1270 g/mol. The summed E-state index contributed by atoms with van der Waals surface area (Å²) in [5.41, 5.74) is 2.39. The zero-order valence-corrected chi connectivity index (χ0v) is 46.1. The van der Waals surface area contributed by atoms with E-state index in [0.717, 1.165) is 24.5 Å². The van der Waals surface area contributed by atoms with E-state index in [0.29, 0.717) is 24.0 Å². The monoisotopic (exact) mass is 1270 g/mol. The first-order valence-electron chi connectivity index (χ1n) is 23.4. The standard InChI is InChI=1S/C27H28F6N2O2.C14H9BrF2O.C12H8Br2.C4H6F2O2/c1-25(2,30)13-20(21(36)14-26(15-34)11-12-26)35-23(27(31,32)33)19-9-5-17(6-10-19)16-3-7-18(8-4-16)22(37)24(28)29;15-12-7-5-10(6-8-12)9-1-3-11(4-2-9)13(18)14(16)17;13-11-5-1-9(2-6-11)10-3-7-12(14)8-4-10;1-2-8-4(7)3(5)6/h3-10,20,22-24,35,37H,11-14H2,1-2H3;1-8,14H;1-8H;3H,2H2,1H3. The average Bonchev–Trinajstić information content (AvgIpc) is 4.18. The van der Waals surface area contributed by atoms with Gasteiger partial charge in [0.2, 0.25) is 5.78 Å². The molecule has 6 aromatic carbocycles. The van der Waals surface area contributed by atoms with Gasteiger partial charge < -0.3 is 9.84 Å². The molecule has 1 fully saturated rings. The Bertz CT molecular complexity index is 2810. The van der Waals surface area contributed by atoms with Crippen LogP contribution >= 0.6 is 47.8 Å². The summed E-state index contributed by atoms with van der Waals surface area (Å²) in [5, 5.41) is 21.0. The van der Waals surface area contributed by atoms with Gasteiger partial charge in [0.25, 0.3) is 6.43 Å². The number of benzene rings is 6. The first-order chi connectivity index (χ1) is 36.1. The fourth-order valence-corrected chi connectivity index (χ4v) is 8.03. The Morgan fingerprint density at radius 1 is 0.623 bits per heavy atom. The number of nitrogens with zero attached hydrogens (tertiary/aromatic N) is 1. The molecule has 410 valence electrons. The minimum atomic E-state index is -4.81. The maximum Gasteiger partial charge on any atom is 0.407 e. The molecule has 2 N–H and O–H groups in total. The van der Waals surface area contributed by atoms with Gasteiger partial charge in [-0.25, -0.2) is 26.7 Å². The third-order valence-corrected chi connectivity index (χ3v) is 13.1. The highest BCUT2D eigenvalue weighted by Crippen LogP contribution is 2.49. The Morgan fingerprint density at radius 2 is 0.987 bits per heavy atom. The zero-order chi connectivity index (χ0) is 57.3. The van der Waals surface area contributed by atoms with E-state index in [1.54, 1.807) is 12.1 Å². The quantitative estimate of drug-likeness (QED) is 0.0531. The van der Waals surface area contributed by atoms with Gasteiger partial charge >= 0.3 is 25.0 Å². The third kappa shape index (κ3) is 20.9. The van der Waals surface area contributed by atoms with Crippen LogP contribution in [0.4, 0.5) is 43.9 Å². The van der Waals surface area contributed by atoms with E-state index < -0.39 is 78.7 Å². The van der Waals surface area contributed by atoms with Crippen LogP contribution in [0.25, 0.3) is 33.4 Å². The number of esters is 1. The second-order valence-electron chi connectivity index (χ2n) is 18.0. The molecule has 0 bridgehead atoms. The first-order valence-corrected chi connectivity index (χ1v) is 25.8. The highest BCUT2D eigenvalue weighted by molar-refractivity contribution is 9.11. The largest absolute Gasteiger partial charge is 0.462 e. The molecule has 3 atom stereocenters. The van der Waals surface area contributed by atoms with Gasteiger partial charge in [0.1, 0.15) is 17.8 Å². The van der Waals surface area contributed by atoms with Crippen molar-refractivity contribution in [1.82, 2.24) is 5.32 Å². The van der Waals surface area contributed by atoms with Crippen molar-refractivity contribution in [1.29, 1.82) is 5.26 Å². The molecule has 0 saturated heterocycles. The Balaban J connectivity index is 0.000000262. The second kappa shape index (κ2) is 29.3. The maximum atomic E-state index is 14.4. The van der Waals surface area contributed by atoms with Gasteiger partial charge in [0, 0.05) is 31.8 Å². The number of rotatable bonds is 17. The molecule has 1 saturated carbocycles. The molecule has 0 radical (unpaired) electrons. The predicted octanol–water partition coefficient (Wildman–Crippen LogP) is 16.9. The lowest BCUT2D eigenvalue weighted by molar-refractivity contribution is -0.161.